The fourth-order valence-electron chi connectivity index (χ4n) is 0.125. The van der Waals surface area contributed by atoms with Crippen LogP contribution in [0.25, 0.3) is 0 Å². The molecule has 0 aliphatic rings. The van der Waals surface area contributed by atoms with Crippen molar-refractivity contribution in [2.75, 3.05) is 6.61 Å². The maximum atomic E-state index is 12.0. The molecule has 0 rings (SSSR count). The number of rotatable bonds is 3. The zero-order chi connectivity index (χ0) is 8.41. The van der Waals surface area contributed by atoms with Crippen LogP contribution < -0.4 is 0 Å². The SMILES string of the molecule is O=S(=O)(OI)C(F)(F)CO. The molecular weight excluding hydrogens is 285 g/mol. The van der Waals surface area contributed by atoms with E-state index in [1.54, 1.807) is 0 Å². The third-order valence-corrected chi connectivity index (χ3v) is 3.08. The maximum Gasteiger partial charge on any atom is 0.393 e. The monoisotopic (exact) mass is 288 g/mol. The third-order valence-electron chi connectivity index (χ3n) is 0.633. The van der Waals surface area contributed by atoms with Crippen LogP contribution in [0.4, 0.5) is 8.78 Å². The van der Waals surface area contributed by atoms with Gasteiger partial charge in [0.15, 0.2) is 0 Å². The second kappa shape index (κ2) is 3.24. The molecule has 0 radical (unpaired) electrons. The Labute approximate surface area is 70.0 Å². The maximum absolute atomic E-state index is 12.0. The summed E-state index contributed by atoms with van der Waals surface area (Å²) in [5.41, 5.74) is 0. The molecule has 0 atom stereocenters. The van der Waals surface area contributed by atoms with Gasteiger partial charge < -0.3 is 5.11 Å². The van der Waals surface area contributed by atoms with Crippen LogP contribution in [0.1, 0.15) is 0 Å². The largest absolute Gasteiger partial charge is 0.393 e. The zero-order valence-corrected chi connectivity index (χ0v) is 7.40. The van der Waals surface area contributed by atoms with Gasteiger partial charge in [0.1, 0.15) is 29.6 Å². The molecule has 0 bridgehead atoms. The Morgan fingerprint density at radius 3 is 2.10 bits per heavy atom. The van der Waals surface area contributed by atoms with Crippen molar-refractivity contribution in [3.63, 3.8) is 0 Å². The third kappa shape index (κ3) is 1.97. The molecule has 4 nitrogen and oxygen atoms in total. The van der Waals surface area contributed by atoms with E-state index >= 15 is 0 Å². The summed E-state index contributed by atoms with van der Waals surface area (Å²) < 4.78 is 47.6. The number of hydrogen-bond acceptors (Lipinski definition) is 4. The first-order valence-corrected chi connectivity index (χ1v) is 4.20. The summed E-state index contributed by atoms with van der Waals surface area (Å²) in [5, 5.41) is 3.63. The summed E-state index contributed by atoms with van der Waals surface area (Å²) in [6, 6.07) is 0. The molecule has 0 amide bonds. The van der Waals surface area contributed by atoms with Crippen LogP contribution in [0.2, 0.25) is 0 Å². The molecule has 8 heteroatoms. The molecule has 0 heterocycles. The molecule has 0 spiro atoms. The van der Waals surface area contributed by atoms with E-state index < -0.39 is 22.0 Å². The van der Waals surface area contributed by atoms with Gasteiger partial charge in [-0.3, -0.25) is 0 Å². The molecule has 0 aromatic rings. The molecular formula is C2H3F2IO4S. The predicted octanol–water partition coefficient (Wildman–Crippen LogP) is 0.268. The van der Waals surface area contributed by atoms with Crippen LogP contribution in [-0.2, 0) is 12.6 Å². The lowest BCUT2D eigenvalue weighted by atomic mass is 10.8. The van der Waals surface area contributed by atoms with Gasteiger partial charge in [-0.25, -0.2) is 0 Å². The normalized spacial score (nSPS) is 13.6. The number of hydrogen-bond donors (Lipinski definition) is 1. The highest BCUT2D eigenvalue weighted by molar-refractivity contribution is 14.1. The summed E-state index contributed by atoms with van der Waals surface area (Å²) in [7, 11) is -4.94. The summed E-state index contributed by atoms with van der Waals surface area (Å²) in [6.07, 6.45) is 0. The molecule has 62 valence electrons. The molecule has 0 fully saturated rings. The van der Waals surface area contributed by atoms with E-state index in [4.69, 9.17) is 5.11 Å². The molecule has 1 N–H and O–H groups in total. The lowest BCUT2D eigenvalue weighted by molar-refractivity contribution is 0.0212. The second-order valence-electron chi connectivity index (χ2n) is 1.31. The smallest absolute Gasteiger partial charge is 0.389 e. The highest BCUT2D eigenvalue weighted by atomic mass is 127. The van der Waals surface area contributed by atoms with Gasteiger partial charge >= 0.3 is 15.4 Å². The molecule has 0 saturated heterocycles. The van der Waals surface area contributed by atoms with Crippen LogP contribution >= 0.6 is 23.0 Å². The van der Waals surface area contributed by atoms with Crippen molar-refractivity contribution in [1.29, 1.82) is 0 Å². The Balaban J connectivity index is 4.64. The van der Waals surface area contributed by atoms with E-state index in [1.807, 2.05) is 0 Å². The zero-order valence-electron chi connectivity index (χ0n) is 4.42. The van der Waals surface area contributed by atoms with Gasteiger partial charge in [-0.2, -0.15) is 19.7 Å². The Kier molecular flexibility index (Phi) is 3.39. The molecule has 0 aromatic heterocycles. The Bertz CT molecular complexity index is 199. The molecule has 0 saturated carbocycles. The van der Waals surface area contributed by atoms with E-state index in [1.165, 1.54) is 0 Å². The van der Waals surface area contributed by atoms with Gasteiger partial charge in [0.2, 0.25) is 0 Å². The van der Waals surface area contributed by atoms with Gasteiger partial charge in [-0.15, -0.1) is 0 Å². The van der Waals surface area contributed by atoms with Crippen LogP contribution in [0, 0.1) is 0 Å². The number of aliphatic hydroxyl groups excluding tert-OH is 1. The first-order chi connectivity index (χ1) is 4.37. The average Bonchev–Trinajstić information content (AvgIpc) is 1.88. The molecule has 0 aromatic carbocycles. The van der Waals surface area contributed by atoms with Crippen molar-refractivity contribution >= 4 is 33.1 Å². The summed E-state index contributed by atoms with van der Waals surface area (Å²) in [4.78, 5) is 0. The lowest BCUT2D eigenvalue weighted by Crippen LogP contribution is -2.32. The van der Waals surface area contributed by atoms with Crippen LogP contribution in [0.15, 0.2) is 0 Å². The van der Waals surface area contributed by atoms with Gasteiger partial charge in [0.05, 0.1) is 0 Å². The Morgan fingerprint density at radius 2 is 2.00 bits per heavy atom. The topological polar surface area (TPSA) is 63.6 Å². The Morgan fingerprint density at radius 1 is 1.60 bits per heavy atom. The van der Waals surface area contributed by atoms with Crippen molar-refractivity contribution in [2.24, 2.45) is 0 Å². The highest BCUT2D eigenvalue weighted by Gasteiger charge is 2.45. The summed E-state index contributed by atoms with van der Waals surface area (Å²) >= 11 is 0.800. The average molecular weight is 288 g/mol. The van der Waals surface area contributed by atoms with Gasteiger partial charge in [0, 0.05) is 0 Å². The van der Waals surface area contributed by atoms with Crippen molar-refractivity contribution < 1.29 is 24.8 Å². The quantitative estimate of drug-likeness (QED) is 0.757. The van der Waals surface area contributed by atoms with E-state index in [0.717, 1.165) is 23.0 Å². The first kappa shape index (κ1) is 10.5. The number of aliphatic hydroxyl groups is 1. The number of halogens is 3. The van der Waals surface area contributed by atoms with E-state index in [9.17, 15) is 17.2 Å². The van der Waals surface area contributed by atoms with Crippen LogP contribution in [0.5, 0.6) is 0 Å². The predicted molar refractivity (Wildman–Crippen MR) is 36.1 cm³/mol. The van der Waals surface area contributed by atoms with E-state index in [-0.39, 0.29) is 0 Å². The van der Waals surface area contributed by atoms with Crippen LogP contribution in [0.3, 0.4) is 0 Å². The fraction of sp³-hybridized carbons (Fsp3) is 1.00. The molecule has 10 heavy (non-hydrogen) atoms. The van der Waals surface area contributed by atoms with Gasteiger partial charge in [-0.05, 0) is 0 Å². The molecule has 0 unspecified atom stereocenters. The Hall–Kier alpha value is 0.460. The van der Waals surface area contributed by atoms with Gasteiger partial charge in [-0.1, -0.05) is 0 Å². The van der Waals surface area contributed by atoms with Crippen molar-refractivity contribution in [3.05, 3.63) is 0 Å². The van der Waals surface area contributed by atoms with Crippen LogP contribution in [-0.4, -0.2) is 25.4 Å². The van der Waals surface area contributed by atoms with Crippen molar-refractivity contribution in [1.82, 2.24) is 0 Å². The first-order valence-electron chi connectivity index (χ1n) is 1.91. The fourth-order valence-corrected chi connectivity index (χ4v) is 1.16. The van der Waals surface area contributed by atoms with E-state index in [0.29, 0.717) is 0 Å². The minimum Gasteiger partial charge on any atom is -0.389 e. The van der Waals surface area contributed by atoms with Gasteiger partial charge in [0.25, 0.3) is 0 Å². The minimum atomic E-state index is -4.94. The standard InChI is InChI=1S/C2H3F2IO4S/c3-2(4,1-6)10(7,8)9-5/h6H,1H2. The molecule has 0 aliphatic heterocycles. The minimum absolute atomic E-state index is 0.800. The van der Waals surface area contributed by atoms with Crippen molar-refractivity contribution in [3.8, 4) is 0 Å². The second-order valence-corrected chi connectivity index (χ2v) is 4.02. The summed E-state index contributed by atoms with van der Waals surface area (Å²) in [6.45, 7) is -1.78. The molecule has 0 aliphatic carbocycles. The number of alkyl halides is 2. The van der Waals surface area contributed by atoms with Crippen molar-refractivity contribution in [2.45, 2.75) is 5.25 Å². The summed E-state index contributed by atoms with van der Waals surface area (Å²) in [5.74, 6) is 0. The highest BCUT2D eigenvalue weighted by Crippen LogP contribution is 2.23. The lowest BCUT2D eigenvalue weighted by Gasteiger charge is -2.09. The van der Waals surface area contributed by atoms with E-state index in [2.05, 4.69) is 2.51 Å².